The van der Waals surface area contributed by atoms with Gasteiger partial charge in [0.2, 0.25) is 5.91 Å². The van der Waals surface area contributed by atoms with Crippen molar-refractivity contribution >= 4 is 17.6 Å². The maximum atomic E-state index is 12.0. The van der Waals surface area contributed by atoms with Crippen molar-refractivity contribution in [3.05, 3.63) is 23.9 Å². The van der Waals surface area contributed by atoms with Crippen molar-refractivity contribution in [2.75, 3.05) is 18.9 Å². The molecule has 2 amide bonds. The van der Waals surface area contributed by atoms with Crippen LogP contribution in [-0.2, 0) is 4.79 Å². The Morgan fingerprint density at radius 2 is 2.15 bits per heavy atom. The van der Waals surface area contributed by atoms with Gasteiger partial charge in [0.1, 0.15) is 5.82 Å². The number of amides is 2. The highest BCUT2D eigenvalue weighted by atomic mass is 16.2. The van der Waals surface area contributed by atoms with Gasteiger partial charge in [0.05, 0.1) is 5.56 Å². The smallest absolute Gasteiger partial charge is 0.255 e. The molecule has 1 unspecified atom stereocenters. The number of rotatable bonds is 7. The van der Waals surface area contributed by atoms with E-state index in [4.69, 9.17) is 0 Å². The van der Waals surface area contributed by atoms with E-state index in [0.717, 1.165) is 6.42 Å². The molecule has 20 heavy (non-hydrogen) atoms. The van der Waals surface area contributed by atoms with E-state index in [1.807, 2.05) is 13.8 Å². The van der Waals surface area contributed by atoms with Crippen LogP contribution in [0.3, 0.4) is 0 Å². The lowest BCUT2D eigenvalue weighted by molar-refractivity contribution is -0.121. The number of nitrogens with zero attached hydrogens (tertiary/aromatic N) is 1. The first-order valence-corrected chi connectivity index (χ1v) is 6.78. The molecule has 110 valence electrons. The third kappa shape index (κ3) is 4.87. The zero-order valence-electron chi connectivity index (χ0n) is 12.2. The number of anilines is 1. The number of carbonyl (C=O) groups is 2. The highest BCUT2D eigenvalue weighted by Crippen LogP contribution is 2.09. The fourth-order valence-corrected chi connectivity index (χ4v) is 1.62. The quantitative estimate of drug-likeness (QED) is 0.699. The van der Waals surface area contributed by atoms with Crippen molar-refractivity contribution in [3.8, 4) is 0 Å². The summed E-state index contributed by atoms with van der Waals surface area (Å²) in [4.78, 5) is 27.6. The zero-order chi connectivity index (χ0) is 15.0. The van der Waals surface area contributed by atoms with Gasteiger partial charge in [-0.05, 0) is 25.5 Å². The van der Waals surface area contributed by atoms with E-state index < -0.39 is 0 Å². The van der Waals surface area contributed by atoms with Gasteiger partial charge in [-0.25, -0.2) is 4.98 Å². The Hall–Kier alpha value is -2.11. The highest BCUT2D eigenvalue weighted by molar-refractivity contribution is 5.98. The lowest BCUT2D eigenvalue weighted by Crippen LogP contribution is -2.35. The zero-order valence-corrected chi connectivity index (χ0v) is 12.2. The molecule has 0 fully saturated rings. The summed E-state index contributed by atoms with van der Waals surface area (Å²) in [6.07, 6.45) is 2.77. The molecule has 1 aromatic rings. The van der Waals surface area contributed by atoms with E-state index in [0.29, 0.717) is 17.9 Å². The van der Waals surface area contributed by atoms with Gasteiger partial charge in [-0.1, -0.05) is 6.92 Å². The topological polar surface area (TPSA) is 83.1 Å². The summed E-state index contributed by atoms with van der Waals surface area (Å²) < 4.78 is 0. The molecule has 1 aromatic heterocycles. The number of nitrogens with one attached hydrogen (secondary N) is 3. The van der Waals surface area contributed by atoms with Crippen LogP contribution in [0.15, 0.2) is 18.3 Å². The van der Waals surface area contributed by atoms with Gasteiger partial charge in [0.15, 0.2) is 0 Å². The number of pyridine rings is 1. The Bertz CT molecular complexity index is 462. The first-order chi connectivity index (χ1) is 9.58. The molecule has 0 bridgehead atoms. The highest BCUT2D eigenvalue weighted by Gasteiger charge is 2.11. The van der Waals surface area contributed by atoms with Crippen LogP contribution in [0.1, 0.15) is 37.0 Å². The number of hydrogen-bond donors (Lipinski definition) is 3. The van der Waals surface area contributed by atoms with Crippen LogP contribution in [-0.4, -0.2) is 36.4 Å². The normalized spacial score (nSPS) is 11.6. The number of carbonyl (C=O) groups excluding carboxylic acids is 2. The molecule has 0 aliphatic carbocycles. The van der Waals surface area contributed by atoms with Gasteiger partial charge in [-0.2, -0.15) is 0 Å². The van der Waals surface area contributed by atoms with Crippen molar-refractivity contribution < 1.29 is 9.59 Å². The maximum Gasteiger partial charge on any atom is 0.255 e. The summed E-state index contributed by atoms with van der Waals surface area (Å²) in [6, 6.07) is 3.55. The molecule has 0 spiro atoms. The molecule has 0 saturated carbocycles. The van der Waals surface area contributed by atoms with Crippen molar-refractivity contribution in [2.45, 2.75) is 32.7 Å². The second-order valence-corrected chi connectivity index (χ2v) is 4.53. The Morgan fingerprint density at radius 3 is 2.80 bits per heavy atom. The van der Waals surface area contributed by atoms with Gasteiger partial charge >= 0.3 is 0 Å². The van der Waals surface area contributed by atoms with Crippen LogP contribution in [0.2, 0.25) is 0 Å². The average Bonchev–Trinajstić information content (AvgIpc) is 2.46. The van der Waals surface area contributed by atoms with E-state index in [9.17, 15) is 9.59 Å². The molecule has 0 aliphatic heterocycles. The summed E-state index contributed by atoms with van der Waals surface area (Å²) >= 11 is 0. The van der Waals surface area contributed by atoms with Crippen LogP contribution in [0.4, 0.5) is 5.82 Å². The molecule has 1 rings (SSSR count). The molecule has 0 aromatic carbocycles. The van der Waals surface area contributed by atoms with Gasteiger partial charge in [0.25, 0.3) is 5.91 Å². The van der Waals surface area contributed by atoms with Gasteiger partial charge in [-0.15, -0.1) is 0 Å². The number of hydrogen-bond acceptors (Lipinski definition) is 4. The average molecular weight is 278 g/mol. The first kappa shape index (κ1) is 15.9. The molecule has 6 nitrogen and oxygen atoms in total. The Balaban J connectivity index is 2.42. The molecule has 0 aliphatic rings. The second-order valence-electron chi connectivity index (χ2n) is 4.53. The molecule has 0 radical (unpaired) electrons. The van der Waals surface area contributed by atoms with Crippen molar-refractivity contribution in [2.24, 2.45) is 0 Å². The third-order valence-electron chi connectivity index (χ3n) is 2.95. The van der Waals surface area contributed by atoms with Crippen molar-refractivity contribution in [1.82, 2.24) is 15.6 Å². The van der Waals surface area contributed by atoms with Crippen molar-refractivity contribution in [1.29, 1.82) is 0 Å². The van der Waals surface area contributed by atoms with E-state index in [1.165, 1.54) is 0 Å². The van der Waals surface area contributed by atoms with E-state index in [1.54, 1.807) is 25.4 Å². The number of aromatic nitrogens is 1. The van der Waals surface area contributed by atoms with Crippen LogP contribution in [0.25, 0.3) is 0 Å². The van der Waals surface area contributed by atoms with Gasteiger partial charge < -0.3 is 16.0 Å². The minimum Gasteiger partial charge on any atom is -0.372 e. The minimum absolute atomic E-state index is 0.0559. The molecule has 1 heterocycles. The second kappa shape index (κ2) is 8.14. The van der Waals surface area contributed by atoms with Crippen molar-refractivity contribution in [3.63, 3.8) is 0 Å². The van der Waals surface area contributed by atoms with Crippen LogP contribution in [0.5, 0.6) is 0 Å². The van der Waals surface area contributed by atoms with Crippen LogP contribution >= 0.6 is 0 Å². The molecular weight excluding hydrogens is 256 g/mol. The molecular formula is C14H22N4O2. The Morgan fingerprint density at radius 1 is 1.40 bits per heavy atom. The summed E-state index contributed by atoms with van der Waals surface area (Å²) in [7, 11) is 1.71. The lowest BCUT2D eigenvalue weighted by atomic mass is 10.2. The fraction of sp³-hybridized carbons (Fsp3) is 0.500. The molecule has 3 N–H and O–H groups in total. The van der Waals surface area contributed by atoms with Crippen LogP contribution < -0.4 is 16.0 Å². The van der Waals surface area contributed by atoms with E-state index in [2.05, 4.69) is 20.9 Å². The van der Waals surface area contributed by atoms with Gasteiger partial charge in [0, 0.05) is 32.3 Å². The maximum absolute atomic E-state index is 12.0. The molecule has 1 atom stereocenters. The SMILES string of the molecule is CCC(C)NC(=O)CCNC(=O)c1cccnc1NC. The Labute approximate surface area is 119 Å². The summed E-state index contributed by atoms with van der Waals surface area (Å²) in [5.41, 5.74) is 0.470. The Kier molecular flexibility index (Phi) is 6.49. The van der Waals surface area contributed by atoms with Crippen LogP contribution in [0, 0.1) is 0 Å². The molecule has 6 heteroatoms. The summed E-state index contributed by atoms with van der Waals surface area (Å²) in [6.45, 7) is 4.26. The van der Waals surface area contributed by atoms with E-state index in [-0.39, 0.29) is 24.3 Å². The summed E-state index contributed by atoms with van der Waals surface area (Å²) in [5, 5.41) is 8.42. The summed E-state index contributed by atoms with van der Waals surface area (Å²) in [5.74, 6) is 0.229. The minimum atomic E-state index is -0.237. The molecule has 0 saturated heterocycles. The predicted molar refractivity (Wildman–Crippen MR) is 78.6 cm³/mol. The first-order valence-electron chi connectivity index (χ1n) is 6.78. The standard InChI is InChI=1S/C14H22N4O2/c1-4-10(2)18-12(19)7-9-17-14(20)11-6-5-8-16-13(11)15-3/h5-6,8,10H,4,7,9H2,1-3H3,(H,15,16)(H,17,20)(H,18,19). The largest absolute Gasteiger partial charge is 0.372 e. The monoisotopic (exact) mass is 278 g/mol. The van der Waals surface area contributed by atoms with E-state index >= 15 is 0 Å². The third-order valence-corrected chi connectivity index (χ3v) is 2.95. The fourth-order valence-electron chi connectivity index (χ4n) is 1.62. The predicted octanol–water partition coefficient (Wildman–Crippen LogP) is 1.16. The lowest BCUT2D eigenvalue weighted by Gasteiger charge is -2.12. The van der Waals surface area contributed by atoms with Gasteiger partial charge in [-0.3, -0.25) is 9.59 Å².